The molecule has 0 saturated carbocycles. The van der Waals surface area contributed by atoms with E-state index >= 15 is 0 Å². The average molecular weight is 280 g/mol. The van der Waals surface area contributed by atoms with Crippen LogP contribution < -0.4 is 10.5 Å². The van der Waals surface area contributed by atoms with Crippen molar-refractivity contribution < 1.29 is 9.13 Å². The summed E-state index contributed by atoms with van der Waals surface area (Å²) in [6, 6.07) is 10.3. The number of ether oxygens (including phenoxy) is 1. The molecule has 0 heterocycles. The van der Waals surface area contributed by atoms with Crippen LogP contribution in [0.5, 0.6) is 5.75 Å². The molecule has 19 heavy (non-hydrogen) atoms. The number of nitrogens with two attached hydrogens (primary N) is 1. The summed E-state index contributed by atoms with van der Waals surface area (Å²) in [7, 11) is 0. The van der Waals surface area contributed by atoms with Crippen LogP contribution in [0, 0.1) is 12.7 Å². The maximum Gasteiger partial charge on any atom is 0.131 e. The van der Waals surface area contributed by atoms with Gasteiger partial charge >= 0.3 is 0 Å². The summed E-state index contributed by atoms with van der Waals surface area (Å²) < 4.78 is 19.2. The third-order valence-electron chi connectivity index (χ3n) is 2.87. The third-order valence-corrected chi connectivity index (χ3v) is 3.22. The Bertz CT molecular complexity index is 566. The van der Waals surface area contributed by atoms with Crippen molar-refractivity contribution in [3.05, 3.63) is 63.9 Å². The normalized spacial score (nSPS) is 10.5. The van der Waals surface area contributed by atoms with Crippen molar-refractivity contribution >= 4 is 11.6 Å². The Labute approximate surface area is 117 Å². The lowest BCUT2D eigenvalue weighted by Gasteiger charge is -2.12. The maximum atomic E-state index is 13.6. The van der Waals surface area contributed by atoms with Crippen molar-refractivity contribution in [3.8, 4) is 5.75 Å². The molecule has 0 fully saturated rings. The molecule has 0 aromatic heterocycles. The second kappa shape index (κ2) is 6.04. The van der Waals surface area contributed by atoms with Crippen LogP contribution in [0.25, 0.3) is 0 Å². The van der Waals surface area contributed by atoms with Gasteiger partial charge in [0.25, 0.3) is 0 Å². The molecule has 0 amide bonds. The Morgan fingerprint density at radius 3 is 2.74 bits per heavy atom. The van der Waals surface area contributed by atoms with Gasteiger partial charge in [0.1, 0.15) is 18.2 Å². The van der Waals surface area contributed by atoms with Crippen LogP contribution >= 0.6 is 11.6 Å². The van der Waals surface area contributed by atoms with Crippen LogP contribution in [-0.4, -0.2) is 0 Å². The minimum atomic E-state index is -0.367. The highest BCUT2D eigenvalue weighted by Crippen LogP contribution is 2.24. The second-order valence-corrected chi connectivity index (χ2v) is 4.71. The molecule has 0 bridgehead atoms. The average Bonchev–Trinajstić information content (AvgIpc) is 2.39. The summed E-state index contributed by atoms with van der Waals surface area (Å²) in [5.41, 5.74) is 8.03. The van der Waals surface area contributed by atoms with Gasteiger partial charge in [-0.2, -0.15) is 0 Å². The van der Waals surface area contributed by atoms with Gasteiger partial charge in [-0.15, -0.1) is 0 Å². The summed E-state index contributed by atoms with van der Waals surface area (Å²) >= 11 is 5.95. The van der Waals surface area contributed by atoms with Crippen LogP contribution in [0.15, 0.2) is 36.4 Å². The van der Waals surface area contributed by atoms with Gasteiger partial charge in [0.05, 0.1) is 5.02 Å². The largest absolute Gasteiger partial charge is 0.488 e. The van der Waals surface area contributed by atoms with E-state index in [1.165, 1.54) is 6.07 Å². The molecule has 0 saturated heterocycles. The van der Waals surface area contributed by atoms with Gasteiger partial charge in [-0.25, -0.2) is 4.39 Å². The molecular weight excluding hydrogens is 265 g/mol. The maximum absolute atomic E-state index is 13.6. The van der Waals surface area contributed by atoms with Gasteiger partial charge < -0.3 is 10.5 Å². The summed E-state index contributed by atoms with van der Waals surface area (Å²) in [6.45, 7) is 2.44. The van der Waals surface area contributed by atoms with Crippen molar-refractivity contribution in [2.45, 2.75) is 20.1 Å². The lowest BCUT2D eigenvalue weighted by Crippen LogP contribution is -2.04. The Hall–Kier alpha value is -1.58. The Kier molecular flexibility index (Phi) is 4.40. The van der Waals surface area contributed by atoms with E-state index in [4.69, 9.17) is 22.1 Å². The molecular formula is C15H15ClFNO. The number of aryl methyl sites for hydroxylation is 1. The molecule has 100 valence electrons. The number of rotatable bonds is 4. The van der Waals surface area contributed by atoms with E-state index in [0.29, 0.717) is 22.9 Å². The number of benzene rings is 2. The molecule has 0 atom stereocenters. The molecule has 2 N–H and O–H groups in total. The van der Waals surface area contributed by atoms with E-state index < -0.39 is 0 Å². The molecule has 0 spiro atoms. The zero-order chi connectivity index (χ0) is 13.8. The van der Waals surface area contributed by atoms with Crippen LogP contribution in [0.2, 0.25) is 5.02 Å². The Morgan fingerprint density at radius 2 is 2.05 bits per heavy atom. The zero-order valence-electron chi connectivity index (χ0n) is 10.6. The van der Waals surface area contributed by atoms with E-state index in [2.05, 4.69) is 0 Å². The first-order chi connectivity index (χ1) is 9.11. The van der Waals surface area contributed by atoms with Gasteiger partial charge in [0.15, 0.2) is 0 Å². The summed E-state index contributed by atoms with van der Waals surface area (Å²) in [5.74, 6) is 0.293. The zero-order valence-corrected chi connectivity index (χ0v) is 11.4. The van der Waals surface area contributed by atoms with Crippen LogP contribution in [-0.2, 0) is 13.2 Å². The van der Waals surface area contributed by atoms with Crippen LogP contribution in [0.3, 0.4) is 0 Å². The van der Waals surface area contributed by atoms with E-state index in [9.17, 15) is 4.39 Å². The van der Waals surface area contributed by atoms with E-state index in [1.54, 1.807) is 12.1 Å². The predicted molar refractivity (Wildman–Crippen MR) is 74.8 cm³/mol. The monoisotopic (exact) mass is 279 g/mol. The lowest BCUT2D eigenvalue weighted by atomic mass is 10.1. The van der Waals surface area contributed by atoms with Gasteiger partial charge in [-0.05, 0) is 25.1 Å². The van der Waals surface area contributed by atoms with Gasteiger partial charge in [-0.3, -0.25) is 0 Å². The van der Waals surface area contributed by atoms with Crippen molar-refractivity contribution in [3.63, 3.8) is 0 Å². The molecule has 4 heteroatoms. The summed E-state index contributed by atoms with van der Waals surface area (Å²) in [4.78, 5) is 0. The van der Waals surface area contributed by atoms with E-state index in [0.717, 1.165) is 11.1 Å². The SMILES string of the molecule is Cc1ccc(OCc2c(F)cccc2Cl)c(CN)c1. The van der Waals surface area contributed by atoms with Crippen molar-refractivity contribution in [2.75, 3.05) is 0 Å². The predicted octanol–water partition coefficient (Wildman–Crippen LogP) is 3.83. The van der Waals surface area contributed by atoms with Gasteiger partial charge in [-0.1, -0.05) is 35.4 Å². The first-order valence-electron chi connectivity index (χ1n) is 5.97. The highest BCUT2D eigenvalue weighted by Gasteiger charge is 2.09. The van der Waals surface area contributed by atoms with E-state index in [1.807, 2.05) is 25.1 Å². The standard InChI is InChI=1S/C15H15ClFNO/c1-10-5-6-15(11(7-10)8-18)19-9-12-13(16)3-2-4-14(12)17/h2-7H,8-9,18H2,1H3. The highest BCUT2D eigenvalue weighted by atomic mass is 35.5. The second-order valence-electron chi connectivity index (χ2n) is 4.30. The fraction of sp³-hybridized carbons (Fsp3) is 0.200. The number of hydrogen-bond acceptors (Lipinski definition) is 2. The Morgan fingerprint density at radius 1 is 1.26 bits per heavy atom. The highest BCUT2D eigenvalue weighted by molar-refractivity contribution is 6.31. The molecule has 2 aromatic rings. The molecule has 0 unspecified atom stereocenters. The third kappa shape index (κ3) is 3.25. The Balaban J connectivity index is 2.19. The first-order valence-corrected chi connectivity index (χ1v) is 6.35. The molecule has 0 radical (unpaired) electrons. The quantitative estimate of drug-likeness (QED) is 0.923. The fourth-order valence-corrected chi connectivity index (χ4v) is 2.05. The molecule has 2 rings (SSSR count). The summed E-state index contributed by atoms with van der Waals surface area (Å²) in [5, 5.41) is 0.362. The fourth-order valence-electron chi connectivity index (χ4n) is 1.83. The van der Waals surface area contributed by atoms with Crippen LogP contribution in [0.4, 0.5) is 4.39 Å². The van der Waals surface area contributed by atoms with Crippen molar-refractivity contribution in [1.29, 1.82) is 0 Å². The summed E-state index contributed by atoms with van der Waals surface area (Å²) in [6.07, 6.45) is 0. The molecule has 2 nitrogen and oxygen atoms in total. The minimum Gasteiger partial charge on any atom is -0.488 e. The molecule has 0 aliphatic carbocycles. The van der Waals surface area contributed by atoms with Gasteiger partial charge in [0, 0.05) is 17.7 Å². The first kappa shape index (κ1) is 13.8. The van der Waals surface area contributed by atoms with E-state index in [-0.39, 0.29) is 12.4 Å². The van der Waals surface area contributed by atoms with Crippen LogP contribution in [0.1, 0.15) is 16.7 Å². The molecule has 2 aromatic carbocycles. The minimum absolute atomic E-state index is 0.0849. The van der Waals surface area contributed by atoms with Crippen molar-refractivity contribution in [1.82, 2.24) is 0 Å². The smallest absolute Gasteiger partial charge is 0.131 e. The lowest BCUT2D eigenvalue weighted by molar-refractivity contribution is 0.297. The topological polar surface area (TPSA) is 35.2 Å². The number of hydrogen-bond donors (Lipinski definition) is 1. The molecule has 0 aliphatic rings. The van der Waals surface area contributed by atoms with Gasteiger partial charge in [0.2, 0.25) is 0 Å². The van der Waals surface area contributed by atoms with Crippen molar-refractivity contribution in [2.24, 2.45) is 5.73 Å². The molecule has 0 aliphatic heterocycles. The number of halogens is 2.